The zero-order valence-electron chi connectivity index (χ0n) is 8.14. The van der Waals surface area contributed by atoms with Crippen molar-refractivity contribution < 1.29 is 9.53 Å². The van der Waals surface area contributed by atoms with Gasteiger partial charge in [0.25, 0.3) is 5.91 Å². The van der Waals surface area contributed by atoms with Crippen LogP contribution in [-0.4, -0.2) is 35.3 Å². The number of nitrogens with two attached hydrogens (primary N) is 1. The van der Waals surface area contributed by atoms with Crippen molar-refractivity contribution in [1.82, 2.24) is 15.5 Å². The maximum absolute atomic E-state index is 10.7. The minimum Gasteiger partial charge on any atom is -0.472 e. The summed E-state index contributed by atoms with van der Waals surface area (Å²) in [5, 5.41) is 10.6. The van der Waals surface area contributed by atoms with Crippen LogP contribution in [0.25, 0.3) is 0 Å². The van der Waals surface area contributed by atoms with Crippen LogP contribution in [0.4, 0.5) is 0 Å². The smallest absolute Gasteiger partial charge is 0.269 e. The molecule has 1 aliphatic heterocycles. The van der Waals surface area contributed by atoms with Crippen LogP contribution in [0.1, 0.15) is 16.9 Å². The van der Waals surface area contributed by atoms with Crippen LogP contribution in [0, 0.1) is 0 Å². The van der Waals surface area contributed by atoms with E-state index in [0.717, 1.165) is 19.5 Å². The predicted molar refractivity (Wildman–Crippen MR) is 52.5 cm³/mol. The van der Waals surface area contributed by atoms with Gasteiger partial charge in [-0.15, -0.1) is 10.2 Å². The second-order valence-corrected chi connectivity index (χ2v) is 3.35. The maximum atomic E-state index is 10.7. The Morgan fingerprint density at radius 3 is 2.93 bits per heavy atom. The summed E-state index contributed by atoms with van der Waals surface area (Å²) in [7, 11) is 0. The lowest BCUT2D eigenvalue weighted by Crippen LogP contribution is -2.20. The molecule has 0 radical (unpaired) electrons. The highest BCUT2D eigenvalue weighted by atomic mass is 16.5. The van der Waals surface area contributed by atoms with E-state index in [1.165, 1.54) is 6.07 Å². The van der Waals surface area contributed by atoms with Crippen LogP contribution in [0.15, 0.2) is 12.1 Å². The molecule has 1 saturated heterocycles. The van der Waals surface area contributed by atoms with E-state index in [2.05, 4.69) is 15.5 Å². The Balaban J connectivity index is 2.00. The monoisotopic (exact) mass is 208 g/mol. The molecule has 0 spiro atoms. The normalized spacial score (nSPS) is 20.1. The van der Waals surface area contributed by atoms with Crippen LogP contribution in [-0.2, 0) is 0 Å². The lowest BCUT2D eigenvalue weighted by molar-refractivity contribution is 0.0994. The van der Waals surface area contributed by atoms with Gasteiger partial charge in [-0.3, -0.25) is 4.79 Å². The zero-order chi connectivity index (χ0) is 10.7. The number of carbonyl (C=O) groups excluding carboxylic acids is 1. The molecule has 1 aromatic rings. The van der Waals surface area contributed by atoms with Gasteiger partial charge in [-0.05, 0) is 19.0 Å². The van der Waals surface area contributed by atoms with Gasteiger partial charge in [-0.2, -0.15) is 0 Å². The molecule has 6 nitrogen and oxygen atoms in total. The third kappa shape index (κ3) is 2.41. The second-order valence-electron chi connectivity index (χ2n) is 3.35. The van der Waals surface area contributed by atoms with E-state index in [9.17, 15) is 4.79 Å². The first-order chi connectivity index (χ1) is 7.25. The molecule has 3 N–H and O–H groups in total. The van der Waals surface area contributed by atoms with Gasteiger partial charge in [0.1, 0.15) is 6.10 Å². The van der Waals surface area contributed by atoms with Crippen LogP contribution in [0.5, 0.6) is 5.88 Å². The number of aromatic nitrogens is 2. The molecular weight excluding hydrogens is 196 g/mol. The summed E-state index contributed by atoms with van der Waals surface area (Å²) in [6.45, 7) is 1.77. The Morgan fingerprint density at radius 1 is 1.53 bits per heavy atom. The molecule has 1 aliphatic rings. The summed E-state index contributed by atoms with van der Waals surface area (Å²) in [5.41, 5.74) is 5.18. The van der Waals surface area contributed by atoms with Crippen molar-refractivity contribution in [2.24, 2.45) is 5.73 Å². The van der Waals surface area contributed by atoms with E-state index in [4.69, 9.17) is 10.5 Å². The first-order valence-corrected chi connectivity index (χ1v) is 4.76. The van der Waals surface area contributed by atoms with Gasteiger partial charge in [-0.25, -0.2) is 0 Å². The molecule has 0 aromatic carbocycles. The summed E-state index contributed by atoms with van der Waals surface area (Å²) in [4.78, 5) is 10.7. The molecule has 1 unspecified atom stereocenters. The number of amides is 1. The standard InChI is InChI=1S/C9H12N4O2/c10-9(14)7-1-2-8(13-12-7)15-6-3-4-11-5-6/h1-2,6,11H,3-5H2,(H2,10,14). The van der Waals surface area contributed by atoms with Crippen molar-refractivity contribution in [2.75, 3.05) is 13.1 Å². The van der Waals surface area contributed by atoms with Crippen LogP contribution in [0.2, 0.25) is 0 Å². The van der Waals surface area contributed by atoms with Crippen molar-refractivity contribution in [2.45, 2.75) is 12.5 Å². The second kappa shape index (κ2) is 4.22. The fraction of sp³-hybridized carbons (Fsp3) is 0.444. The summed E-state index contributed by atoms with van der Waals surface area (Å²) >= 11 is 0. The van der Waals surface area contributed by atoms with E-state index in [-0.39, 0.29) is 11.8 Å². The highest BCUT2D eigenvalue weighted by Gasteiger charge is 2.16. The third-order valence-electron chi connectivity index (χ3n) is 2.20. The Hall–Kier alpha value is -1.69. The molecule has 1 atom stereocenters. The number of hydrogen-bond donors (Lipinski definition) is 2. The number of nitrogens with one attached hydrogen (secondary N) is 1. The zero-order valence-corrected chi connectivity index (χ0v) is 8.14. The molecule has 0 bridgehead atoms. The number of primary amides is 1. The first kappa shape index (κ1) is 9.85. The van der Waals surface area contributed by atoms with E-state index in [1.807, 2.05) is 0 Å². The summed E-state index contributed by atoms with van der Waals surface area (Å²) in [6, 6.07) is 3.11. The first-order valence-electron chi connectivity index (χ1n) is 4.76. The van der Waals surface area contributed by atoms with Crippen LogP contribution >= 0.6 is 0 Å². The molecule has 15 heavy (non-hydrogen) atoms. The minimum absolute atomic E-state index is 0.138. The molecule has 2 heterocycles. The summed E-state index contributed by atoms with van der Waals surface area (Å²) in [6.07, 6.45) is 1.10. The van der Waals surface area contributed by atoms with Crippen molar-refractivity contribution in [1.29, 1.82) is 0 Å². The molecule has 80 valence electrons. The molecule has 0 saturated carbocycles. The van der Waals surface area contributed by atoms with Gasteiger partial charge >= 0.3 is 0 Å². The van der Waals surface area contributed by atoms with Gasteiger partial charge in [0.2, 0.25) is 5.88 Å². The largest absolute Gasteiger partial charge is 0.472 e. The molecule has 1 amide bonds. The molecule has 0 aliphatic carbocycles. The minimum atomic E-state index is -0.586. The van der Waals surface area contributed by atoms with Gasteiger partial charge in [0, 0.05) is 12.6 Å². The number of hydrogen-bond acceptors (Lipinski definition) is 5. The van der Waals surface area contributed by atoms with Crippen LogP contribution in [0.3, 0.4) is 0 Å². The Morgan fingerprint density at radius 2 is 2.40 bits per heavy atom. The molecule has 2 rings (SSSR count). The lowest BCUT2D eigenvalue weighted by atomic mass is 10.3. The fourth-order valence-electron chi connectivity index (χ4n) is 1.41. The van der Waals surface area contributed by atoms with E-state index >= 15 is 0 Å². The van der Waals surface area contributed by atoms with E-state index in [1.54, 1.807) is 6.07 Å². The number of ether oxygens (including phenoxy) is 1. The fourth-order valence-corrected chi connectivity index (χ4v) is 1.41. The molecule has 1 fully saturated rings. The Bertz CT molecular complexity index is 346. The maximum Gasteiger partial charge on any atom is 0.269 e. The molecular formula is C9H12N4O2. The van der Waals surface area contributed by atoms with Crippen molar-refractivity contribution >= 4 is 5.91 Å². The van der Waals surface area contributed by atoms with E-state index < -0.39 is 5.91 Å². The van der Waals surface area contributed by atoms with Gasteiger partial charge in [0.05, 0.1) is 0 Å². The van der Waals surface area contributed by atoms with Crippen LogP contribution < -0.4 is 15.8 Å². The Kier molecular flexibility index (Phi) is 2.77. The third-order valence-corrected chi connectivity index (χ3v) is 2.20. The van der Waals surface area contributed by atoms with E-state index in [0.29, 0.717) is 5.88 Å². The SMILES string of the molecule is NC(=O)c1ccc(OC2CCNC2)nn1. The molecule has 1 aromatic heterocycles. The Labute approximate surface area is 86.8 Å². The highest BCUT2D eigenvalue weighted by molar-refractivity contribution is 5.90. The lowest BCUT2D eigenvalue weighted by Gasteiger charge is -2.10. The quantitative estimate of drug-likeness (QED) is 0.686. The van der Waals surface area contributed by atoms with Crippen molar-refractivity contribution in [3.8, 4) is 5.88 Å². The number of nitrogens with zero attached hydrogens (tertiary/aromatic N) is 2. The van der Waals surface area contributed by atoms with Gasteiger partial charge < -0.3 is 15.8 Å². The predicted octanol–water partition coefficient (Wildman–Crippen LogP) is -0.684. The molecule has 6 heteroatoms. The van der Waals surface area contributed by atoms with Crippen molar-refractivity contribution in [3.05, 3.63) is 17.8 Å². The topological polar surface area (TPSA) is 90.1 Å². The highest BCUT2D eigenvalue weighted by Crippen LogP contribution is 2.10. The van der Waals surface area contributed by atoms with Gasteiger partial charge in [0.15, 0.2) is 5.69 Å². The van der Waals surface area contributed by atoms with Gasteiger partial charge in [-0.1, -0.05) is 0 Å². The summed E-state index contributed by atoms with van der Waals surface area (Å²) < 4.78 is 5.52. The average molecular weight is 208 g/mol. The van der Waals surface area contributed by atoms with Crippen molar-refractivity contribution in [3.63, 3.8) is 0 Å². The summed E-state index contributed by atoms with van der Waals surface area (Å²) in [5.74, 6) is -0.162. The number of carbonyl (C=O) groups is 1. The number of rotatable bonds is 3. The average Bonchev–Trinajstić information content (AvgIpc) is 2.71.